The lowest BCUT2D eigenvalue weighted by Gasteiger charge is -2.14. The molecule has 7 heteroatoms. The summed E-state index contributed by atoms with van der Waals surface area (Å²) in [6.45, 7) is 3.83. The van der Waals surface area contributed by atoms with E-state index in [0.717, 1.165) is 33.0 Å². The molecule has 0 unspecified atom stereocenters. The number of imidazole rings is 1. The number of carbonyl (C=O) groups is 1. The van der Waals surface area contributed by atoms with Crippen LogP contribution in [0.3, 0.4) is 0 Å². The van der Waals surface area contributed by atoms with E-state index in [1.54, 1.807) is 6.20 Å². The summed E-state index contributed by atoms with van der Waals surface area (Å²) < 4.78 is 3.84. The number of rotatable bonds is 1. The molecule has 1 aliphatic heterocycles. The lowest BCUT2D eigenvalue weighted by atomic mass is 9.86. The fraction of sp³-hybridized carbons (Fsp3) is 0.231. The van der Waals surface area contributed by atoms with Gasteiger partial charge in [0, 0.05) is 5.69 Å². The molecule has 0 radical (unpaired) electrons. The number of aromatic nitrogens is 4. The van der Waals surface area contributed by atoms with Gasteiger partial charge in [-0.15, -0.1) is 5.10 Å². The van der Waals surface area contributed by atoms with Crippen molar-refractivity contribution in [2.24, 2.45) is 0 Å². The molecule has 3 aromatic rings. The second-order valence-electron chi connectivity index (χ2n) is 5.36. The Morgan fingerprint density at radius 1 is 1.30 bits per heavy atom. The van der Waals surface area contributed by atoms with E-state index in [9.17, 15) is 4.79 Å². The van der Waals surface area contributed by atoms with E-state index in [-0.39, 0.29) is 5.91 Å². The zero-order chi connectivity index (χ0) is 13.9. The summed E-state index contributed by atoms with van der Waals surface area (Å²) in [6.07, 6.45) is 1.68. The Bertz CT molecular complexity index is 834. The van der Waals surface area contributed by atoms with Crippen molar-refractivity contribution in [1.82, 2.24) is 19.6 Å². The highest BCUT2D eigenvalue weighted by Gasteiger charge is 2.38. The summed E-state index contributed by atoms with van der Waals surface area (Å²) in [7, 11) is 0. The van der Waals surface area contributed by atoms with E-state index in [2.05, 4.69) is 24.9 Å². The van der Waals surface area contributed by atoms with Crippen molar-refractivity contribution in [3.63, 3.8) is 0 Å². The molecular formula is C13H11N5OS. The lowest BCUT2D eigenvalue weighted by Crippen LogP contribution is -2.26. The largest absolute Gasteiger partial charge is 0.337 e. The van der Waals surface area contributed by atoms with E-state index in [0.29, 0.717) is 0 Å². The van der Waals surface area contributed by atoms with E-state index < -0.39 is 5.41 Å². The number of H-pyrrole nitrogens is 1. The first-order valence-corrected chi connectivity index (χ1v) is 6.96. The highest BCUT2D eigenvalue weighted by molar-refractivity contribution is 7.09. The van der Waals surface area contributed by atoms with Gasteiger partial charge < -0.3 is 10.3 Å². The summed E-state index contributed by atoms with van der Waals surface area (Å²) in [5.41, 5.74) is 3.05. The van der Waals surface area contributed by atoms with Crippen molar-refractivity contribution >= 4 is 34.2 Å². The average molecular weight is 285 g/mol. The standard InChI is InChI=1S/C13H11N5OS/c1-13(2)6-3-8-9(4-7(6)17-12(13)19)16-11(15-8)10-5-14-18-20-10/h3-5H,1-2H3,(H,15,16)(H,17,19). The fourth-order valence-corrected chi connectivity index (χ4v) is 2.93. The number of nitrogens with zero attached hydrogens (tertiary/aromatic N) is 3. The number of fused-ring (bicyclic) bond motifs is 2. The SMILES string of the molecule is CC1(C)C(=O)Nc2cc3[nH]c(-c4cnns4)nc3cc21. The third kappa shape index (κ3) is 1.44. The van der Waals surface area contributed by atoms with Gasteiger partial charge in [-0.2, -0.15) is 0 Å². The van der Waals surface area contributed by atoms with Gasteiger partial charge in [0.2, 0.25) is 5.91 Å². The second-order valence-corrected chi connectivity index (χ2v) is 6.15. The number of amides is 1. The maximum atomic E-state index is 12.0. The number of anilines is 1. The quantitative estimate of drug-likeness (QED) is 0.718. The summed E-state index contributed by atoms with van der Waals surface area (Å²) >= 11 is 1.29. The predicted molar refractivity (Wildman–Crippen MR) is 76.7 cm³/mol. The maximum Gasteiger partial charge on any atom is 0.234 e. The smallest absolute Gasteiger partial charge is 0.234 e. The van der Waals surface area contributed by atoms with Crippen LogP contribution < -0.4 is 5.32 Å². The Balaban J connectivity index is 1.93. The number of aromatic amines is 1. The Morgan fingerprint density at radius 3 is 2.90 bits per heavy atom. The Kier molecular flexibility index (Phi) is 2.10. The third-order valence-corrected chi connectivity index (χ3v) is 4.38. The Labute approximate surface area is 118 Å². The van der Waals surface area contributed by atoms with Crippen LogP contribution in [0.25, 0.3) is 21.7 Å². The van der Waals surface area contributed by atoms with Crippen LogP contribution >= 0.6 is 11.5 Å². The number of nitrogens with one attached hydrogen (secondary N) is 2. The van der Waals surface area contributed by atoms with Crippen LogP contribution in [-0.4, -0.2) is 25.5 Å². The molecule has 0 saturated heterocycles. The molecule has 0 saturated carbocycles. The number of benzene rings is 1. The van der Waals surface area contributed by atoms with Crippen LogP contribution in [0.15, 0.2) is 18.3 Å². The van der Waals surface area contributed by atoms with Crippen molar-refractivity contribution in [2.75, 3.05) is 5.32 Å². The van der Waals surface area contributed by atoms with E-state index in [4.69, 9.17) is 0 Å². The molecule has 0 atom stereocenters. The molecule has 1 aliphatic rings. The van der Waals surface area contributed by atoms with Gasteiger partial charge in [-0.3, -0.25) is 4.79 Å². The first-order chi connectivity index (χ1) is 9.55. The zero-order valence-electron chi connectivity index (χ0n) is 10.9. The van der Waals surface area contributed by atoms with Crippen LogP contribution in [-0.2, 0) is 10.2 Å². The number of carbonyl (C=O) groups excluding carboxylic acids is 1. The molecule has 1 amide bonds. The van der Waals surface area contributed by atoms with Gasteiger partial charge in [0.15, 0.2) is 5.82 Å². The van der Waals surface area contributed by atoms with Crippen LogP contribution in [0.4, 0.5) is 5.69 Å². The summed E-state index contributed by atoms with van der Waals surface area (Å²) in [4.78, 5) is 20.6. The Morgan fingerprint density at radius 2 is 2.15 bits per heavy atom. The van der Waals surface area contributed by atoms with E-state index >= 15 is 0 Å². The first kappa shape index (κ1) is 11.5. The maximum absolute atomic E-state index is 12.0. The lowest BCUT2D eigenvalue weighted by molar-refractivity contribution is -0.119. The zero-order valence-corrected chi connectivity index (χ0v) is 11.7. The molecule has 6 nitrogen and oxygen atoms in total. The van der Waals surface area contributed by atoms with Gasteiger partial charge in [0.05, 0.1) is 22.6 Å². The van der Waals surface area contributed by atoms with Crippen molar-refractivity contribution < 1.29 is 4.79 Å². The molecule has 0 aliphatic carbocycles. The molecule has 0 bridgehead atoms. The van der Waals surface area contributed by atoms with E-state index in [1.165, 1.54) is 11.5 Å². The predicted octanol–water partition coefficient (Wildman–Crippen LogP) is 2.31. The van der Waals surface area contributed by atoms with Gasteiger partial charge in [0.1, 0.15) is 4.88 Å². The first-order valence-electron chi connectivity index (χ1n) is 6.19. The minimum atomic E-state index is -0.519. The topological polar surface area (TPSA) is 83.6 Å². The molecule has 20 heavy (non-hydrogen) atoms. The van der Waals surface area contributed by atoms with Crippen LogP contribution in [0.5, 0.6) is 0 Å². The normalized spacial score (nSPS) is 16.4. The third-order valence-electron chi connectivity index (χ3n) is 3.71. The summed E-state index contributed by atoms with van der Waals surface area (Å²) in [5.74, 6) is 0.773. The number of hydrogen-bond donors (Lipinski definition) is 2. The highest BCUT2D eigenvalue weighted by Crippen LogP contribution is 2.39. The van der Waals surface area contributed by atoms with Gasteiger partial charge in [-0.1, -0.05) is 4.49 Å². The Hall–Kier alpha value is -2.28. The molecule has 3 heterocycles. The minimum absolute atomic E-state index is 0.0204. The van der Waals surface area contributed by atoms with Gasteiger partial charge in [-0.05, 0) is 43.1 Å². The highest BCUT2D eigenvalue weighted by atomic mass is 32.1. The van der Waals surface area contributed by atoms with Gasteiger partial charge in [0.25, 0.3) is 0 Å². The molecule has 100 valence electrons. The summed E-state index contributed by atoms with van der Waals surface area (Å²) in [6, 6.07) is 3.90. The van der Waals surface area contributed by atoms with Crippen LogP contribution in [0.2, 0.25) is 0 Å². The molecular weight excluding hydrogens is 274 g/mol. The van der Waals surface area contributed by atoms with Crippen LogP contribution in [0.1, 0.15) is 19.4 Å². The fourth-order valence-electron chi connectivity index (χ4n) is 2.47. The molecule has 2 aromatic heterocycles. The van der Waals surface area contributed by atoms with Gasteiger partial charge in [-0.25, -0.2) is 4.98 Å². The van der Waals surface area contributed by atoms with Crippen molar-refractivity contribution in [2.45, 2.75) is 19.3 Å². The molecule has 1 aromatic carbocycles. The van der Waals surface area contributed by atoms with Gasteiger partial charge >= 0.3 is 0 Å². The average Bonchev–Trinajstić information content (AvgIpc) is 3.08. The minimum Gasteiger partial charge on any atom is -0.337 e. The van der Waals surface area contributed by atoms with E-state index in [1.807, 2.05) is 26.0 Å². The van der Waals surface area contributed by atoms with Crippen molar-refractivity contribution in [1.29, 1.82) is 0 Å². The molecule has 4 rings (SSSR count). The van der Waals surface area contributed by atoms with Crippen LogP contribution in [0, 0.1) is 0 Å². The molecule has 2 N–H and O–H groups in total. The molecule has 0 fully saturated rings. The number of hydrogen-bond acceptors (Lipinski definition) is 5. The molecule has 0 spiro atoms. The van der Waals surface area contributed by atoms with Crippen molar-refractivity contribution in [3.05, 3.63) is 23.9 Å². The second kappa shape index (κ2) is 3.63. The van der Waals surface area contributed by atoms with Crippen molar-refractivity contribution in [3.8, 4) is 10.7 Å². The monoisotopic (exact) mass is 285 g/mol. The summed E-state index contributed by atoms with van der Waals surface area (Å²) in [5, 5.41) is 6.73.